The summed E-state index contributed by atoms with van der Waals surface area (Å²) in [6.45, 7) is 5.08. The van der Waals surface area contributed by atoms with Gasteiger partial charge in [0.05, 0.1) is 44.7 Å². The zero-order valence-corrected chi connectivity index (χ0v) is 22.5. The number of rotatable bonds is 7. The van der Waals surface area contributed by atoms with Gasteiger partial charge in [-0.05, 0) is 57.0 Å². The second kappa shape index (κ2) is 12.0. The second-order valence-corrected chi connectivity index (χ2v) is 9.04. The molecule has 0 N–H and O–H groups in total. The van der Waals surface area contributed by atoms with Gasteiger partial charge in [0.15, 0.2) is 11.5 Å². The molecule has 208 valence electrons. The van der Waals surface area contributed by atoms with Gasteiger partial charge in [-0.1, -0.05) is 11.6 Å². The number of hydrogen-bond acceptors (Lipinski definition) is 6. The van der Waals surface area contributed by atoms with Crippen LogP contribution in [-0.2, 0) is 22.2 Å². The number of ether oxygens (including phenoxy) is 4. The van der Waals surface area contributed by atoms with Crippen molar-refractivity contribution in [1.29, 1.82) is 0 Å². The molecule has 8 nitrogen and oxygen atoms in total. The maximum atomic E-state index is 13.5. The molecule has 2 aromatic carbocycles. The predicted octanol–water partition coefficient (Wildman–Crippen LogP) is 6.83. The normalized spacial score (nSPS) is 16.9. The summed E-state index contributed by atoms with van der Waals surface area (Å²) >= 11 is 6.00. The van der Waals surface area contributed by atoms with Crippen molar-refractivity contribution in [3.63, 3.8) is 0 Å². The highest BCUT2D eigenvalue weighted by molar-refractivity contribution is 6.30. The van der Waals surface area contributed by atoms with Gasteiger partial charge >= 0.3 is 18.4 Å². The average Bonchev–Trinajstić information content (AvgIpc) is 2.85. The first kappa shape index (κ1) is 29.2. The molecule has 2 atom stereocenters. The first-order valence-electron chi connectivity index (χ1n) is 12.0. The molecule has 1 heterocycles. The summed E-state index contributed by atoms with van der Waals surface area (Å²) in [5, 5.41) is -0.115. The SMILES string of the molecule is CCOC(=O)N(Cc1cc(Cl)cc(C(F)(F)F)c1)[C@@H]1C[C@H](C)N(C(=O)OCC)c2cc(OC)c(OC)cc21. The lowest BCUT2D eigenvalue weighted by Gasteiger charge is -2.42. The maximum absolute atomic E-state index is 13.5. The van der Waals surface area contributed by atoms with E-state index >= 15 is 0 Å². The zero-order chi connectivity index (χ0) is 28.2. The Labute approximate surface area is 224 Å². The van der Waals surface area contributed by atoms with E-state index in [0.29, 0.717) is 22.7 Å². The highest BCUT2D eigenvalue weighted by atomic mass is 35.5. The van der Waals surface area contributed by atoms with Crippen LogP contribution in [0.2, 0.25) is 5.02 Å². The van der Waals surface area contributed by atoms with Gasteiger partial charge in [-0.15, -0.1) is 0 Å². The van der Waals surface area contributed by atoms with E-state index in [-0.39, 0.29) is 36.8 Å². The number of nitrogens with zero attached hydrogens (tertiary/aromatic N) is 2. The smallest absolute Gasteiger partial charge is 0.416 e. The number of alkyl halides is 3. The number of carbonyl (C=O) groups is 2. The number of benzene rings is 2. The minimum atomic E-state index is -4.62. The van der Waals surface area contributed by atoms with Gasteiger partial charge in [-0.2, -0.15) is 13.2 Å². The van der Waals surface area contributed by atoms with E-state index in [1.807, 2.05) is 0 Å². The van der Waals surface area contributed by atoms with Crippen LogP contribution in [-0.4, -0.2) is 50.6 Å². The molecule has 0 saturated carbocycles. The highest BCUT2D eigenvalue weighted by Crippen LogP contribution is 2.46. The van der Waals surface area contributed by atoms with Crippen molar-refractivity contribution in [3.05, 3.63) is 52.0 Å². The van der Waals surface area contributed by atoms with Crippen molar-refractivity contribution < 1.29 is 41.7 Å². The van der Waals surface area contributed by atoms with Gasteiger partial charge < -0.3 is 18.9 Å². The Balaban J connectivity index is 2.17. The summed E-state index contributed by atoms with van der Waals surface area (Å²) in [5.74, 6) is 0.696. The number of anilines is 1. The van der Waals surface area contributed by atoms with Crippen LogP contribution in [0.1, 0.15) is 49.9 Å². The van der Waals surface area contributed by atoms with Crippen LogP contribution in [0, 0.1) is 0 Å². The minimum absolute atomic E-state index is 0.0503. The largest absolute Gasteiger partial charge is 0.493 e. The zero-order valence-electron chi connectivity index (χ0n) is 21.7. The quantitative estimate of drug-likeness (QED) is 0.371. The third kappa shape index (κ3) is 6.20. The lowest BCUT2D eigenvalue weighted by molar-refractivity contribution is -0.137. The summed E-state index contributed by atoms with van der Waals surface area (Å²) in [4.78, 5) is 28.9. The molecule has 0 aromatic heterocycles. The Kier molecular flexibility index (Phi) is 9.24. The Bertz CT molecular complexity index is 1180. The van der Waals surface area contributed by atoms with E-state index in [0.717, 1.165) is 12.1 Å². The molecular formula is C26H30ClF3N2O6. The molecule has 3 rings (SSSR count). The van der Waals surface area contributed by atoms with Gasteiger partial charge in [0.25, 0.3) is 0 Å². The van der Waals surface area contributed by atoms with Crippen LogP contribution in [0.3, 0.4) is 0 Å². The molecule has 38 heavy (non-hydrogen) atoms. The van der Waals surface area contributed by atoms with Crippen molar-refractivity contribution in [2.45, 2.75) is 52.0 Å². The highest BCUT2D eigenvalue weighted by Gasteiger charge is 2.40. The fraction of sp³-hybridized carbons (Fsp3) is 0.462. The van der Waals surface area contributed by atoms with Crippen LogP contribution < -0.4 is 14.4 Å². The first-order valence-corrected chi connectivity index (χ1v) is 12.3. The van der Waals surface area contributed by atoms with Gasteiger partial charge in [0.1, 0.15) is 0 Å². The monoisotopic (exact) mass is 558 g/mol. The summed E-state index contributed by atoms with van der Waals surface area (Å²) in [6, 6.07) is 5.25. The van der Waals surface area contributed by atoms with Crippen molar-refractivity contribution in [2.24, 2.45) is 0 Å². The van der Waals surface area contributed by atoms with Gasteiger partial charge in [0, 0.05) is 29.2 Å². The molecule has 0 saturated heterocycles. The van der Waals surface area contributed by atoms with E-state index in [1.165, 1.54) is 30.1 Å². The Morgan fingerprint density at radius 2 is 1.66 bits per heavy atom. The topological polar surface area (TPSA) is 77.5 Å². The molecule has 12 heteroatoms. The van der Waals surface area contributed by atoms with Crippen LogP contribution in [0.4, 0.5) is 28.4 Å². The van der Waals surface area contributed by atoms with Gasteiger partial charge in [-0.25, -0.2) is 9.59 Å². The number of halogens is 4. The number of carbonyl (C=O) groups excluding carboxylic acids is 2. The average molecular weight is 559 g/mol. The molecule has 0 aliphatic carbocycles. The third-order valence-corrected chi connectivity index (χ3v) is 6.36. The number of hydrogen-bond donors (Lipinski definition) is 0. The van der Waals surface area contributed by atoms with E-state index < -0.39 is 36.0 Å². The molecule has 2 amide bonds. The fourth-order valence-corrected chi connectivity index (χ4v) is 4.79. The molecule has 0 fully saturated rings. The summed E-state index contributed by atoms with van der Waals surface area (Å²) in [7, 11) is 2.90. The number of amides is 2. The molecule has 0 bridgehead atoms. The molecule has 1 aliphatic rings. The van der Waals surface area contributed by atoms with Crippen molar-refractivity contribution in [3.8, 4) is 11.5 Å². The molecule has 1 aliphatic heterocycles. The van der Waals surface area contributed by atoms with Crippen LogP contribution in [0.5, 0.6) is 11.5 Å². The predicted molar refractivity (Wildman–Crippen MR) is 135 cm³/mol. The van der Waals surface area contributed by atoms with E-state index in [2.05, 4.69) is 0 Å². The Morgan fingerprint density at radius 1 is 1.03 bits per heavy atom. The number of fused-ring (bicyclic) bond motifs is 1. The van der Waals surface area contributed by atoms with Crippen LogP contribution >= 0.6 is 11.6 Å². The van der Waals surface area contributed by atoms with Gasteiger partial charge in [-0.3, -0.25) is 9.80 Å². The second-order valence-electron chi connectivity index (χ2n) is 8.61. The Hall–Kier alpha value is -3.34. The summed E-state index contributed by atoms with van der Waals surface area (Å²) in [6.07, 6.45) is -5.69. The van der Waals surface area contributed by atoms with Crippen molar-refractivity contribution >= 4 is 29.5 Å². The first-order chi connectivity index (χ1) is 17.9. The lowest BCUT2D eigenvalue weighted by atomic mass is 9.90. The molecule has 0 radical (unpaired) electrons. The van der Waals surface area contributed by atoms with E-state index in [4.69, 9.17) is 30.5 Å². The summed E-state index contributed by atoms with van der Waals surface area (Å²) < 4.78 is 61.8. The van der Waals surface area contributed by atoms with Gasteiger partial charge in [0.2, 0.25) is 0 Å². The maximum Gasteiger partial charge on any atom is 0.416 e. The van der Waals surface area contributed by atoms with Crippen LogP contribution in [0.25, 0.3) is 0 Å². The lowest BCUT2D eigenvalue weighted by Crippen LogP contribution is -2.47. The fourth-order valence-electron chi connectivity index (χ4n) is 4.53. The minimum Gasteiger partial charge on any atom is -0.493 e. The van der Waals surface area contributed by atoms with Crippen LogP contribution in [0.15, 0.2) is 30.3 Å². The molecular weight excluding hydrogens is 529 g/mol. The summed E-state index contributed by atoms with van der Waals surface area (Å²) in [5.41, 5.74) is 0.169. The molecule has 0 unspecified atom stereocenters. The third-order valence-electron chi connectivity index (χ3n) is 6.14. The Morgan fingerprint density at radius 3 is 2.24 bits per heavy atom. The standard InChI is InChI=1S/C26H30ClF3N2O6/c1-6-37-24(33)31(14-16-9-17(26(28,29)30)11-18(27)10-16)20-8-15(3)32(25(34)38-7-2)21-13-23(36-5)22(35-4)12-19(20)21/h9-13,15,20H,6-8,14H2,1-5H3/t15-,20+/m0/s1. The van der Waals surface area contributed by atoms with E-state index in [9.17, 15) is 22.8 Å². The molecule has 0 spiro atoms. The van der Waals surface area contributed by atoms with Crippen molar-refractivity contribution in [1.82, 2.24) is 4.90 Å². The molecule has 2 aromatic rings. The van der Waals surface area contributed by atoms with Crippen molar-refractivity contribution in [2.75, 3.05) is 32.3 Å². The van der Waals surface area contributed by atoms with E-state index in [1.54, 1.807) is 32.9 Å². The number of methoxy groups -OCH3 is 2.